The van der Waals surface area contributed by atoms with E-state index in [2.05, 4.69) is 10.6 Å². The normalized spacial score (nSPS) is 10.5. The van der Waals surface area contributed by atoms with Crippen molar-refractivity contribution in [2.45, 2.75) is 27.3 Å². The lowest BCUT2D eigenvalue weighted by Crippen LogP contribution is -2.43. The average Bonchev–Trinajstić information content (AvgIpc) is 2.64. The molecule has 0 heterocycles. The van der Waals surface area contributed by atoms with Crippen LogP contribution in [0.15, 0.2) is 54.6 Å². The van der Waals surface area contributed by atoms with E-state index in [-0.39, 0.29) is 17.9 Å². The number of rotatable bonds is 7. The van der Waals surface area contributed by atoms with Crippen LogP contribution in [-0.2, 0) is 11.3 Å². The van der Waals surface area contributed by atoms with Crippen molar-refractivity contribution in [2.75, 3.05) is 18.0 Å². The number of nitrogens with zero attached hydrogens (tertiary/aromatic N) is 1. The third kappa shape index (κ3) is 5.92. The van der Waals surface area contributed by atoms with Crippen LogP contribution in [0.3, 0.4) is 0 Å². The molecule has 0 spiro atoms. The lowest BCUT2D eigenvalue weighted by molar-refractivity contribution is -0.123. The minimum Gasteiger partial charge on any atom is -0.354 e. The summed E-state index contributed by atoms with van der Waals surface area (Å²) in [5.74, 6) is -0.0771. The molecule has 0 aliphatic rings. The van der Waals surface area contributed by atoms with Crippen molar-refractivity contribution in [2.24, 2.45) is 5.92 Å². The molecule has 0 aromatic heterocycles. The maximum atomic E-state index is 12.7. The Labute approximate surface area is 155 Å². The van der Waals surface area contributed by atoms with Gasteiger partial charge < -0.3 is 10.6 Å². The highest BCUT2D eigenvalue weighted by Gasteiger charge is 2.16. The Morgan fingerprint density at radius 3 is 2.15 bits per heavy atom. The van der Waals surface area contributed by atoms with Crippen molar-refractivity contribution >= 4 is 17.6 Å². The largest absolute Gasteiger partial charge is 0.354 e. The molecule has 5 nitrogen and oxygen atoms in total. The summed E-state index contributed by atoms with van der Waals surface area (Å²) in [7, 11) is 0. The maximum absolute atomic E-state index is 12.7. The van der Waals surface area contributed by atoms with Crippen LogP contribution in [0.4, 0.5) is 10.5 Å². The number of carbonyl (C=O) groups is 2. The summed E-state index contributed by atoms with van der Waals surface area (Å²) < 4.78 is 0. The van der Waals surface area contributed by atoms with Gasteiger partial charge in [0.05, 0.1) is 6.54 Å². The molecule has 2 N–H and O–H groups in total. The topological polar surface area (TPSA) is 61.4 Å². The first-order valence-electron chi connectivity index (χ1n) is 8.91. The monoisotopic (exact) mass is 353 g/mol. The van der Waals surface area contributed by atoms with Gasteiger partial charge in [-0.15, -0.1) is 0 Å². The first-order chi connectivity index (χ1) is 12.5. The first-order valence-corrected chi connectivity index (χ1v) is 8.91. The van der Waals surface area contributed by atoms with Crippen molar-refractivity contribution < 1.29 is 9.59 Å². The van der Waals surface area contributed by atoms with Crippen molar-refractivity contribution in [3.05, 3.63) is 65.7 Å². The summed E-state index contributed by atoms with van der Waals surface area (Å²) >= 11 is 0. The second-order valence-electron chi connectivity index (χ2n) is 6.58. The Morgan fingerprint density at radius 2 is 1.54 bits per heavy atom. The summed E-state index contributed by atoms with van der Waals surface area (Å²) in [5.41, 5.74) is 3.03. The van der Waals surface area contributed by atoms with Gasteiger partial charge in [-0.05, 0) is 24.6 Å². The van der Waals surface area contributed by atoms with Crippen LogP contribution < -0.4 is 15.5 Å². The van der Waals surface area contributed by atoms with E-state index in [9.17, 15) is 9.59 Å². The van der Waals surface area contributed by atoms with Gasteiger partial charge in [-0.2, -0.15) is 0 Å². The van der Waals surface area contributed by atoms with Crippen molar-refractivity contribution in [1.29, 1.82) is 0 Å². The van der Waals surface area contributed by atoms with Gasteiger partial charge in [0.15, 0.2) is 0 Å². The van der Waals surface area contributed by atoms with Gasteiger partial charge in [0, 0.05) is 24.7 Å². The third-order valence-electron chi connectivity index (χ3n) is 4.00. The fraction of sp³-hybridized carbons (Fsp3) is 0.333. The van der Waals surface area contributed by atoms with Gasteiger partial charge in [0.2, 0.25) is 5.91 Å². The molecule has 0 aliphatic heterocycles. The van der Waals surface area contributed by atoms with Gasteiger partial charge in [0.25, 0.3) is 0 Å². The Bertz CT molecular complexity index is 712. The fourth-order valence-electron chi connectivity index (χ4n) is 2.43. The molecule has 0 atom stereocenters. The summed E-state index contributed by atoms with van der Waals surface area (Å²) in [6.07, 6.45) is 0. The number of hydrogen-bond acceptors (Lipinski definition) is 2. The molecule has 2 aromatic rings. The Hall–Kier alpha value is -2.82. The first kappa shape index (κ1) is 19.5. The summed E-state index contributed by atoms with van der Waals surface area (Å²) in [6.45, 7) is 6.97. The number of aryl methyl sites for hydroxylation is 1. The zero-order valence-corrected chi connectivity index (χ0v) is 15.7. The number of urea groups is 1. The molecular weight excluding hydrogens is 326 g/mol. The molecule has 0 fully saturated rings. The molecule has 3 amide bonds. The molecule has 2 rings (SSSR count). The average molecular weight is 353 g/mol. The van der Waals surface area contributed by atoms with Crippen LogP contribution in [0.5, 0.6) is 0 Å². The minimum atomic E-state index is -0.184. The van der Waals surface area contributed by atoms with Crippen LogP contribution in [0, 0.1) is 12.8 Å². The van der Waals surface area contributed by atoms with Crippen molar-refractivity contribution in [3.8, 4) is 0 Å². The van der Waals surface area contributed by atoms with Crippen molar-refractivity contribution in [1.82, 2.24) is 10.6 Å². The van der Waals surface area contributed by atoms with E-state index in [1.807, 2.05) is 75.4 Å². The van der Waals surface area contributed by atoms with Gasteiger partial charge in [-0.1, -0.05) is 61.9 Å². The maximum Gasteiger partial charge on any atom is 0.322 e. The van der Waals surface area contributed by atoms with Gasteiger partial charge in [-0.25, -0.2) is 4.79 Å². The van der Waals surface area contributed by atoms with E-state index < -0.39 is 0 Å². The Morgan fingerprint density at radius 1 is 0.923 bits per heavy atom. The Balaban J connectivity index is 2.01. The number of benzene rings is 2. The van der Waals surface area contributed by atoms with E-state index in [0.717, 1.165) is 16.8 Å². The van der Waals surface area contributed by atoms with Gasteiger partial charge >= 0.3 is 6.03 Å². The highest BCUT2D eigenvalue weighted by atomic mass is 16.2. The SMILES string of the molecule is Cc1ccc(N(Cc2ccccc2)C(=O)NCCNC(=O)C(C)C)cc1. The second-order valence-corrected chi connectivity index (χ2v) is 6.58. The molecule has 5 heteroatoms. The lowest BCUT2D eigenvalue weighted by atomic mass is 10.2. The standard InChI is InChI=1S/C21H27N3O2/c1-16(2)20(25)22-13-14-23-21(26)24(15-18-7-5-4-6-8-18)19-11-9-17(3)10-12-19/h4-12,16H,13-15H2,1-3H3,(H,22,25)(H,23,26). The molecular formula is C21H27N3O2. The number of carbonyl (C=O) groups excluding carboxylic acids is 2. The zero-order valence-electron chi connectivity index (χ0n) is 15.7. The molecule has 0 radical (unpaired) electrons. The lowest BCUT2D eigenvalue weighted by Gasteiger charge is -2.24. The Kier molecular flexibility index (Phi) is 7.21. The van der Waals surface area contributed by atoms with E-state index in [0.29, 0.717) is 19.6 Å². The molecule has 0 saturated carbocycles. The smallest absolute Gasteiger partial charge is 0.322 e. The molecule has 138 valence electrons. The number of hydrogen-bond donors (Lipinski definition) is 2. The van der Waals surface area contributed by atoms with Gasteiger partial charge in [0.1, 0.15) is 0 Å². The molecule has 0 aliphatic carbocycles. The predicted molar refractivity (Wildman–Crippen MR) is 105 cm³/mol. The fourth-order valence-corrected chi connectivity index (χ4v) is 2.43. The van der Waals surface area contributed by atoms with E-state index >= 15 is 0 Å². The van der Waals surface area contributed by atoms with E-state index in [4.69, 9.17) is 0 Å². The van der Waals surface area contributed by atoms with Crippen LogP contribution in [-0.4, -0.2) is 25.0 Å². The minimum absolute atomic E-state index is 0.0149. The molecule has 26 heavy (non-hydrogen) atoms. The predicted octanol–water partition coefficient (Wildman–Crippen LogP) is 3.48. The molecule has 2 aromatic carbocycles. The van der Waals surface area contributed by atoms with Crippen LogP contribution in [0.1, 0.15) is 25.0 Å². The second kappa shape index (κ2) is 9.61. The highest BCUT2D eigenvalue weighted by Crippen LogP contribution is 2.18. The summed E-state index contributed by atoms with van der Waals surface area (Å²) in [4.78, 5) is 26.0. The highest BCUT2D eigenvalue weighted by molar-refractivity contribution is 5.92. The summed E-state index contributed by atoms with van der Waals surface area (Å²) in [6, 6.07) is 17.6. The third-order valence-corrected chi connectivity index (χ3v) is 4.00. The zero-order chi connectivity index (χ0) is 18.9. The van der Waals surface area contributed by atoms with Crippen molar-refractivity contribution in [3.63, 3.8) is 0 Å². The van der Waals surface area contributed by atoms with E-state index in [1.165, 1.54) is 0 Å². The van der Waals surface area contributed by atoms with Gasteiger partial charge in [-0.3, -0.25) is 9.69 Å². The van der Waals surface area contributed by atoms with Crippen LogP contribution >= 0.6 is 0 Å². The summed E-state index contributed by atoms with van der Waals surface area (Å²) in [5, 5.41) is 5.68. The molecule has 0 unspecified atom stereocenters. The quantitative estimate of drug-likeness (QED) is 0.749. The molecule has 0 bridgehead atoms. The molecule has 0 saturated heterocycles. The number of anilines is 1. The van der Waals surface area contributed by atoms with Crippen LogP contribution in [0.2, 0.25) is 0 Å². The number of nitrogens with one attached hydrogen (secondary N) is 2. The van der Waals surface area contributed by atoms with E-state index in [1.54, 1.807) is 4.90 Å². The number of amides is 3. The van der Waals surface area contributed by atoms with Crippen LogP contribution in [0.25, 0.3) is 0 Å².